The van der Waals surface area contributed by atoms with Crippen molar-refractivity contribution in [2.24, 2.45) is 11.8 Å². The second-order valence-electron chi connectivity index (χ2n) is 7.35. The fourth-order valence-electron chi connectivity index (χ4n) is 4.09. The lowest BCUT2D eigenvalue weighted by Gasteiger charge is -2.32. The van der Waals surface area contributed by atoms with Crippen LogP contribution in [0.15, 0.2) is 0 Å². The molecule has 0 heterocycles. The second-order valence-corrected chi connectivity index (χ2v) is 7.35. The molecule has 3 nitrogen and oxygen atoms in total. The quantitative estimate of drug-likeness (QED) is 0.508. The molecule has 3 heteroatoms. The van der Waals surface area contributed by atoms with Gasteiger partial charge in [0.15, 0.2) is 0 Å². The summed E-state index contributed by atoms with van der Waals surface area (Å²) in [6.07, 6.45) is 21.3. The smallest absolute Gasteiger partial charge is 0.303 e. The van der Waals surface area contributed by atoms with Crippen molar-refractivity contribution >= 4 is 5.97 Å². The average molecular weight is 328 g/mol. The van der Waals surface area contributed by atoms with Crippen LogP contribution in [-0.2, 0) is 4.79 Å². The molecule has 0 unspecified atom stereocenters. The number of carboxylic acid groups (broad SMARTS) is 1. The lowest BCUT2D eigenvalue weighted by Crippen LogP contribution is -2.20. The molecule has 2 aliphatic rings. The summed E-state index contributed by atoms with van der Waals surface area (Å²) in [5.74, 6) is 1.61. The van der Waals surface area contributed by atoms with E-state index in [1.165, 1.54) is 57.8 Å². The van der Waals surface area contributed by atoms with Crippen LogP contribution in [0, 0.1) is 11.8 Å². The van der Waals surface area contributed by atoms with Crippen molar-refractivity contribution in [1.29, 1.82) is 0 Å². The van der Waals surface area contributed by atoms with Crippen LogP contribution in [0.2, 0.25) is 0 Å². The summed E-state index contributed by atoms with van der Waals surface area (Å²) < 4.78 is 0. The van der Waals surface area contributed by atoms with Gasteiger partial charge >= 0.3 is 5.97 Å². The molecular weight excluding hydrogens is 286 g/mol. The third-order valence-corrected chi connectivity index (χ3v) is 5.46. The predicted octanol–water partition coefficient (Wildman–Crippen LogP) is 6.74. The van der Waals surface area contributed by atoms with Gasteiger partial charge < -0.3 is 11.3 Å². The first-order chi connectivity index (χ1) is 10.7. The summed E-state index contributed by atoms with van der Waals surface area (Å²) in [4.78, 5) is 10.0. The van der Waals surface area contributed by atoms with Crippen molar-refractivity contribution in [1.82, 2.24) is 6.15 Å². The van der Waals surface area contributed by atoms with Crippen LogP contribution in [0.1, 0.15) is 110 Å². The van der Waals surface area contributed by atoms with Gasteiger partial charge in [0.2, 0.25) is 0 Å². The van der Waals surface area contributed by atoms with Crippen LogP contribution < -0.4 is 6.15 Å². The van der Waals surface area contributed by atoms with Crippen LogP contribution in [0.4, 0.5) is 0 Å². The summed E-state index contributed by atoms with van der Waals surface area (Å²) in [6, 6.07) is 0. The Balaban J connectivity index is 0.000000412. The summed E-state index contributed by atoms with van der Waals surface area (Å²) >= 11 is 0. The van der Waals surface area contributed by atoms with Crippen molar-refractivity contribution < 1.29 is 9.90 Å². The molecule has 23 heavy (non-hydrogen) atoms. The zero-order valence-corrected chi connectivity index (χ0v) is 15.5. The third kappa shape index (κ3) is 11.6. The summed E-state index contributed by atoms with van der Waals surface area (Å²) in [5.41, 5.74) is 0. The molecule has 2 fully saturated rings. The topological polar surface area (TPSA) is 72.3 Å². The molecule has 4 N–H and O–H groups in total. The third-order valence-electron chi connectivity index (χ3n) is 5.46. The molecule has 2 aliphatic carbocycles. The zero-order valence-electron chi connectivity index (χ0n) is 15.5. The Bertz CT molecular complexity index is 253. The van der Waals surface area contributed by atoms with Gasteiger partial charge in [0, 0.05) is 6.42 Å². The first-order valence-electron chi connectivity index (χ1n) is 9.95. The van der Waals surface area contributed by atoms with Crippen molar-refractivity contribution in [2.45, 2.75) is 110 Å². The molecular formula is C20H41NO2. The molecule has 0 aromatic heterocycles. The van der Waals surface area contributed by atoms with Gasteiger partial charge in [-0.1, -0.05) is 96.8 Å². The first kappa shape index (κ1) is 22.4. The molecule has 0 amide bonds. The molecule has 0 aromatic rings. The number of unbranched alkanes of at least 4 members (excludes halogenated alkanes) is 4. The van der Waals surface area contributed by atoms with Gasteiger partial charge in [0.1, 0.15) is 0 Å². The van der Waals surface area contributed by atoms with E-state index < -0.39 is 5.97 Å². The average Bonchev–Trinajstić information content (AvgIpc) is 2.57. The zero-order chi connectivity index (χ0) is 16.0. The molecule has 2 rings (SSSR count). The van der Waals surface area contributed by atoms with Gasteiger partial charge in [-0.15, -0.1) is 0 Å². The van der Waals surface area contributed by atoms with Crippen LogP contribution >= 0.6 is 0 Å². The monoisotopic (exact) mass is 327 g/mol. The molecule has 0 spiro atoms. The first-order valence-corrected chi connectivity index (χ1v) is 9.95. The Kier molecular flexibility index (Phi) is 14.6. The van der Waals surface area contributed by atoms with Crippen LogP contribution in [0.25, 0.3) is 0 Å². The van der Waals surface area contributed by atoms with Gasteiger partial charge in [-0.3, -0.25) is 4.79 Å². The van der Waals surface area contributed by atoms with E-state index in [0.717, 1.165) is 24.7 Å². The van der Waals surface area contributed by atoms with Crippen molar-refractivity contribution in [3.8, 4) is 0 Å². The number of aliphatic carboxylic acids is 1. The molecule has 0 bridgehead atoms. The Hall–Kier alpha value is -0.570. The predicted molar refractivity (Wildman–Crippen MR) is 99.2 cm³/mol. The lowest BCUT2D eigenvalue weighted by atomic mass is 9.73. The number of rotatable bonds is 7. The minimum atomic E-state index is -0.670. The Morgan fingerprint density at radius 1 is 0.783 bits per heavy atom. The van der Waals surface area contributed by atoms with E-state index in [1.807, 2.05) is 0 Å². The standard InChI is InChI=1S/C12H22.C8H16O2.H3N/c1-3-7-11(8-4-1)12-9-5-2-6-10-12;1-2-3-4-5-6-7-8(9)10;/h11-12H,1-10H2;2-7H2,1H3,(H,9,10);1H3. The lowest BCUT2D eigenvalue weighted by molar-refractivity contribution is -0.137. The van der Waals surface area contributed by atoms with E-state index in [1.54, 1.807) is 25.7 Å². The van der Waals surface area contributed by atoms with Gasteiger partial charge in [0.05, 0.1) is 0 Å². The molecule has 138 valence electrons. The molecule has 0 radical (unpaired) electrons. The van der Waals surface area contributed by atoms with Crippen LogP contribution in [-0.4, -0.2) is 11.1 Å². The molecule has 0 atom stereocenters. The van der Waals surface area contributed by atoms with Gasteiger partial charge in [-0.05, 0) is 18.3 Å². The second kappa shape index (κ2) is 15.0. The SMILES string of the molecule is C1CCC(C2CCCCC2)CC1.CCCCCCCC(=O)O.N. The Labute approximate surface area is 144 Å². The molecule has 0 saturated heterocycles. The highest BCUT2D eigenvalue weighted by Gasteiger charge is 2.24. The van der Waals surface area contributed by atoms with Crippen molar-refractivity contribution in [3.63, 3.8) is 0 Å². The highest BCUT2D eigenvalue weighted by Crippen LogP contribution is 2.37. The summed E-state index contributed by atoms with van der Waals surface area (Å²) in [6.45, 7) is 2.15. The van der Waals surface area contributed by atoms with Crippen LogP contribution in [0.5, 0.6) is 0 Å². The Morgan fingerprint density at radius 3 is 1.61 bits per heavy atom. The maximum Gasteiger partial charge on any atom is 0.303 e. The van der Waals surface area contributed by atoms with Gasteiger partial charge in [-0.2, -0.15) is 0 Å². The molecule has 2 saturated carbocycles. The van der Waals surface area contributed by atoms with E-state index in [-0.39, 0.29) is 6.15 Å². The van der Waals surface area contributed by atoms with E-state index in [4.69, 9.17) is 5.11 Å². The van der Waals surface area contributed by atoms with Gasteiger partial charge in [0.25, 0.3) is 0 Å². The fourth-order valence-corrected chi connectivity index (χ4v) is 4.09. The fraction of sp³-hybridized carbons (Fsp3) is 0.950. The summed E-state index contributed by atoms with van der Waals surface area (Å²) in [5, 5.41) is 8.27. The highest BCUT2D eigenvalue weighted by atomic mass is 16.4. The maximum absolute atomic E-state index is 10.0. The molecule has 0 aromatic carbocycles. The Morgan fingerprint density at radius 2 is 1.22 bits per heavy atom. The number of carboxylic acids is 1. The van der Waals surface area contributed by atoms with Crippen LogP contribution in [0.3, 0.4) is 0 Å². The number of hydrogen-bond acceptors (Lipinski definition) is 2. The maximum atomic E-state index is 10.0. The summed E-state index contributed by atoms with van der Waals surface area (Å²) in [7, 11) is 0. The van der Waals surface area contributed by atoms with Crippen molar-refractivity contribution in [3.05, 3.63) is 0 Å². The minimum Gasteiger partial charge on any atom is -0.481 e. The highest BCUT2D eigenvalue weighted by molar-refractivity contribution is 5.66. The molecule has 0 aliphatic heterocycles. The van der Waals surface area contributed by atoms with Gasteiger partial charge in [-0.25, -0.2) is 0 Å². The van der Waals surface area contributed by atoms with E-state index in [9.17, 15) is 4.79 Å². The van der Waals surface area contributed by atoms with E-state index >= 15 is 0 Å². The number of carbonyl (C=O) groups is 1. The van der Waals surface area contributed by atoms with E-state index in [2.05, 4.69) is 6.92 Å². The largest absolute Gasteiger partial charge is 0.481 e. The van der Waals surface area contributed by atoms with Crippen molar-refractivity contribution in [2.75, 3.05) is 0 Å². The minimum absolute atomic E-state index is 0. The number of hydrogen-bond donors (Lipinski definition) is 2. The normalized spacial score (nSPS) is 19.3. The van der Waals surface area contributed by atoms with E-state index in [0.29, 0.717) is 6.42 Å².